The molecule has 2 rings (SSSR count). The normalized spacial score (nSPS) is 18.2. The van der Waals surface area contributed by atoms with Crippen LogP contribution >= 0.6 is 0 Å². The van der Waals surface area contributed by atoms with Gasteiger partial charge in [0.15, 0.2) is 0 Å². The van der Waals surface area contributed by atoms with Crippen molar-refractivity contribution in [3.05, 3.63) is 18.6 Å². The highest BCUT2D eigenvalue weighted by molar-refractivity contribution is 5.97. The van der Waals surface area contributed by atoms with Crippen LogP contribution in [0, 0.1) is 5.92 Å². The van der Waals surface area contributed by atoms with Gasteiger partial charge in [0.05, 0.1) is 5.92 Å². The summed E-state index contributed by atoms with van der Waals surface area (Å²) in [6.07, 6.45) is 7.06. The molecule has 138 valence electrons. The van der Waals surface area contributed by atoms with Crippen LogP contribution in [0.5, 0.6) is 0 Å². The maximum atomic E-state index is 12.8. The number of nitrogens with zero attached hydrogens (tertiary/aromatic N) is 3. The lowest BCUT2D eigenvalue weighted by atomic mass is 9.99. The lowest BCUT2D eigenvalue weighted by molar-refractivity contribution is -0.143. The number of nitrogens with one attached hydrogen (secondary N) is 3. The standard InChI is InChI=1S/C16H26N6O3/c1-2-3-4-5-12(10-20-25)16(24)22-13(6-9-19-22)15(23)21-14-7-8-17-11-18-14/h7-8,11-13,19-20,25H,2-6,9-10H2,1H3,(H,17,18,21,23). The van der Waals surface area contributed by atoms with Gasteiger partial charge in [-0.15, -0.1) is 0 Å². The van der Waals surface area contributed by atoms with Gasteiger partial charge < -0.3 is 10.5 Å². The Morgan fingerprint density at radius 1 is 1.48 bits per heavy atom. The molecule has 2 unspecified atom stereocenters. The number of hydrazine groups is 1. The van der Waals surface area contributed by atoms with Gasteiger partial charge in [0, 0.05) is 19.3 Å². The lowest BCUT2D eigenvalue weighted by Crippen LogP contribution is -2.51. The van der Waals surface area contributed by atoms with E-state index in [9.17, 15) is 9.59 Å². The van der Waals surface area contributed by atoms with Crippen LogP contribution in [0.2, 0.25) is 0 Å². The smallest absolute Gasteiger partial charge is 0.250 e. The van der Waals surface area contributed by atoms with Gasteiger partial charge in [0.2, 0.25) is 11.8 Å². The summed E-state index contributed by atoms with van der Waals surface area (Å²) in [6, 6.07) is 0.991. The van der Waals surface area contributed by atoms with Gasteiger partial charge in [-0.2, -0.15) is 0 Å². The van der Waals surface area contributed by atoms with Crippen molar-refractivity contribution in [2.24, 2.45) is 5.92 Å². The molecule has 2 amide bonds. The van der Waals surface area contributed by atoms with Crippen molar-refractivity contribution in [1.82, 2.24) is 25.9 Å². The van der Waals surface area contributed by atoms with Crippen LogP contribution in [0.3, 0.4) is 0 Å². The maximum absolute atomic E-state index is 12.8. The minimum atomic E-state index is -0.602. The first-order valence-electron chi connectivity index (χ1n) is 8.67. The molecule has 0 radical (unpaired) electrons. The molecule has 0 spiro atoms. The molecule has 1 aliphatic rings. The molecule has 0 aromatic carbocycles. The topological polar surface area (TPSA) is 119 Å². The summed E-state index contributed by atoms with van der Waals surface area (Å²) >= 11 is 0. The van der Waals surface area contributed by atoms with E-state index >= 15 is 0 Å². The number of hydrogen-bond acceptors (Lipinski definition) is 7. The summed E-state index contributed by atoms with van der Waals surface area (Å²) in [7, 11) is 0. The molecule has 9 nitrogen and oxygen atoms in total. The molecule has 1 aliphatic heterocycles. The fraction of sp³-hybridized carbons (Fsp3) is 0.625. The Bertz CT molecular complexity index is 556. The van der Waals surface area contributed by atoms with Crippen LogP contribution in [-0.2, 0) is 9.59 Å². The molecule has 1 aromatic heterocycles. The number of hydroxylamine groups is 1. The van der Waals surface area contributed by atoms with Gasteiger partial charge in [-0.05, 0) is 18.9 Å². The first kappa shape index (κ1) is 19.2. The Kier molecular flexibility index (Phi) is 7.71. The zero-order valence-corrected chi connectivity index (χ0v) is 14.4. The Morgan fingerprint density at radius 3 is 3.00 bits per heavy atom. The molecule has 0 saturated carbocycles. The van der Waals surface area contributed by atoms with Gasteiger partial charge in [0.25, 0.3) is 0 Å². The van der Waals surface area contributed by atoms with Crippen LogP contribution < -0.4 is 16.2 Å². The van der Waals surface area contributed by atoms with E-state index in [4.69, 9.17) is 5.21 Å². The summed E-state index contributed by atoms with van der Waals surface area (Å²) in [6.45, 7) is 2.81. The van der Waals surface area contributed by atoms with Crippen molar-refractivity contribution < 1.29 is 14.8 Å². The van der Waals surface area contributed by atoms with E-state index in [-0.39, 0.29) is 24.3 Å². The average molecular weight is 350 g/mol. The van der Waals surface area contributed by atoms with Crippen LogP contribution in [-0.4, -0.2) is 51.1 Å². The number of rotatable bonds is 9. The number of aromatic nitrogens is 2. The second-order valence-electron chi connectivity index (χ2n) is 6.06. The summed E-state index contributed by atoms with van der Waals surface area (Å²) in [5.74, 6) is -0.452. The van der Waals surface area contributed by atoms with Crippen LogP contribution in [0.25, 0.3) is 0 Å². The van der Waals surface area contributed by atoms with Gasteiger partial charge in [-0.3, -0.25) is 14.6 Å². The third-order valence-corrected chi connectivity index (χ3v) is 4.23. The minimum absolute atomic E-state index is 0.168. The zero-order chi connectivity index (χ0) is 18.1. The van der Waals surface area contributed by atoms with E-state index in [0.717, 1.165) is 19.3 Å². The van der Waals surface area contributed by atoms with E-state index < -0.39 is 6.04 Å². The van der Waals surface area contributed by atoms with Crippen LogP contribution in [0.1, 0.15) is 39.0 Å². The van der Waals surface area contributed by atoms with E-state index in [1.165, 1.54) is 17.5 Å². The lowest BCUT2D eigenvalue weighted by Gasteiger charge is -2.27. The number of amides is 2. The largest absolute Gasteiger partial charge is 0.317 e. The molecule has 1 aromatic rings. The van der Waals surface area contributed by atoms with Gasteiger partial charge in [-0.1, -0.05) is 26.2 Å². The first-order chi connectivity index (χ1) is 12.2. The van der Waals surface area contributed by atoms with Crippen molar-refractivity contribution in [1.29, 1.82) is 0 Å². The SMILES string of the molecule is CCCCCC(CNO)C(=O)N1NCCC1C(=O)Nc1ccncn1. The predicted octanol–water partition coefficient (Wildman–Crippen LogP) is 0.696. The number of unbranched alkanes of at least 4 members (excludes halogenated alkanes) is 2. The molecule has 1 fully saturated rings. The minimum Gasteiger partial charge on any atom is -0.317 e. The molecular formula is C16H26N6O3. The summed E-state index contributed by atoms with van der Waals surface area (Å²) in [4.78, 5) is 33.1. The van der Waals surface area contributed by atoms with Crippen LogP contribution in [0.4, 0.5) is 5.82 Å². The fourth-order valence-corrected chi connectivity index (χ4v) is 2.88. The second-order valence-corrected chi connectivity index (χ2v) is 6.06. The summed E-state index contributed by atoms with van der Waals surface area (Å²) in [5, 5.41) is 13.1. The van der Waals surface area contributed by atoms with Gasteiger partial charge >= 0.3 is 0 Å². The average Bonchev–Trinajstić information content (AvgIpc) is 3.11. The Balaban J connectivity index is 1.99. The summed E-state index contributed by atoms with van der Waals surface area (Å²) < 4.78 is 0. The van der Waals surface area contributed by atoms with Crippen molar-refractivity contribution in [2.75, 3.05) is 18.4 Å². The molecule has 0 bridgehead atoms. The van der Waals surface area contributed by atoms with Gasteiger partial charge in [-0.25, -0.2) is 20.9 Å². The zero-order valence-electron chi connectivity index (χ0n) is 14.4. The summed E-state index contributed by atoms with van der Waals surface area (Å²) in [5.41, 5.74) is 5.07. The fourth-order valence-electron chi connectivity index (χ4n) is 2.88. The number of hydrogen-bond donors (Lipinski definition) is 4. The third-order valence-electron chi connectivity index (χ3n) is 4.23. The number of carbonyl (C=O) groups is 2. The second kappa shape index (κ2) is 10.0. The maximum Gasteiger partial charge on any atom is 0.250 e. The van der Waals surface area contributed by atoms with E-state index in [1.807, 2.05) is 0 Å². The molecular weight excluding hydrogens is 324 g/mol. The van der Waals surface area contributed by atoms with E-state index in [2.05, 4.69) is 33.1 Å². The number of anilines is 1. The van der Waals surface area contributed by atoms with Crippen molar-refractivity contribution in [3.63, 3.8) is 0 Å². The van der Waals surface area contributed by atoms with Gasteiger partial charge in [0.1, 0.15) is 18.2 Å². The van der Waals surface area contributed by atoms with Crippen molar-refractivity contribution >= 4 is 17.6 Å². The highest BCUT2D eigenvalue weighted by Gasteiger charge is 2.37. The molecule has 9 heteroatoms. The number of carbonyl (C=O) groups excluding carboxylic acids is 2. The predicted molar refractivity (Wildman–Crippen MR) is 91.3 cm³/mol. The molecule has 25 heavy (non-hydrogen) atoms. The third kappa shape index (κ3) is 5.45. The van der Waals surface area contributed by atoms with Crippen molar-refractivity contribution in [2.45, 2.75) is 45.1 Å². The first-order valence-corrected chi connectivity index (χ1v) is 8.67. The molecule has 2 atom stereocenters. The van der Waals surface area contributed by atoms with Crippen LogP contribution in [0.15, 0.2) is 18.6 Å². The Hall–Kier alpha value is -2.10. The highest BCUT2D eigenvalue weighted by Crippen LogP contribution is 2.18. The molecule has 0 aliphatic carbocycles. The molecule has 2 heterocycles. The quantitative estimate of drug-likeness (QED) is 0.382. The van der Waals surface area contributed by atoms with E-state index in [0.29, 0.717) is 25.2 Å². The monoisotopic (exact) mass is 350 g/mol. The molecule has 1 saturated heterocycles. The highest BCUT2D eigenvalue weighted by atomic mass is 16.5. The molecule has 4 N–H and O–H groups in total. The van der Waals surface area contributed by atoms with Crippen molar-refractivity contribution in [3.8, 4) is 0 Å². The Morgan fingerprint density at radius 2 is 2.32 bits per heavy atom. The Labute approximate surface area is 147 Å². The van der Waals surface area contributed by atoms with E-state index in [1.54, 1.807) is 6.07 Å².